The maximum Gasteiger partial charge on any atom is 0.240 e. The normalized spacial score (nSPS) is 10.4. The summed E-state index contributed by atoms with van der Waals surface area (Å²) < 4.78 is 0. The van der Waals surface area contributed by atoms with Crippen LogP contribution in [0.15, 0.2) is 28.2 Å². The maximum absolute atomic E-state index is 10.6. The number of carbonyl (C=O) groups excluding carboxylic acids is 2. The second kappa shape index (κ2) is 6.06. The standard InChI is InChI=1S/C14H16N2O2/c1-4-14(5-2,16-10-18)12-7-6-11(3)8-13(12)15-9-17/h6-8H,4-5H2,1-3H3. The van der Waals surface area contributed by atoms with Crippen LogP contribution in [0, 0.1) is 6.92 Å². The molecule has 0 fully saturated rings. The van der Waals surface area contributed by atoms with E-state index in [1.165, 1.54) is 0 Å². The van der Waals surface area contributed by atoms with Crippen LogP contribution in [-0.4, -0.2) is 12.2 Å². The SMILES string of the molecule is CCC(CC)(N=C=O)c1ccc(C)cc1N=C=O. The Morgan fingerprint density at radius 1 is 1.17 bits per heavy atom. The van der Waals surface area contributed by atoms with E-state index in [-0.39, 0.29) is 0 Å². The summed E-state index contributed by atoms with van der Waals surface area (Å²) in [6, 6.07) is 5.57. The van der Waals surface area contributed by atoms with Gasteiger partial charge in [0.05, 0.1) is 11.2 Å². The molecule has 0 unspecified atom stereocenters. The molecule has 18 heavy (non-hydrogen) atoms. The third-order valence-corrected chi connectivity index (χ3v) is 3.25. The predicted molar refractivity (Wildman–Crippen MR) is 69.3 cm³/mol. The van der Waals surface area contributed by atoms with Crippen molar-refractivity contribution in [2.45, 2.75) is 39.2 Å². The highest BCUT2D eigenvalue weighted by Crippen LogP contribution is 2.38. The number of nitrogens with zero attached hydrogens (tertiary/aromatic N) is 2. The Labute approximate surface area is 106 Å². The third kappa shape index (κ3) is 2.62. The molecule has 0 saturated heterocycles. The van der Waals surface area contributed by atoms with Crippen LogP contribution in [0.1, 0.15) is 37.8 Å². The molecule has 0 amide bonds. The lowest BCUT2D eigenvalue weighted by Crippen LogP contribution is -2.21. The fourth-order valence-corrected chi connectivity index (χ4v) is 2.11. The van der Waals surface area contributed by atoms with E-state index in [4.69, 9.17) is 0 Å². The quantitative estimate of drug-likeness (QED) is 0.589. The van der Waals surface area contributed by atoms with Crippen LogP contribution in [0.3, 0.4) is 0 Å². The summed E-state index contributed by atoms with van der Waals surface area (Å²) in [7, 11) is 0. The summed E-state index contributed by atoms with van der Waals surface area (Å²) in [6.45, 7) is 5.80. The molecular formula is C14H16N2O2. The first kappa shape index (κ1) is 14.0. The van der Waals surface area contributed by atoms with E-state index in [1.54, 1.807) is 18.2 Å². The van der Waals surface area contributed by atoms with E-state index in [9.17, 15) is 9.59 Å². The van der Waals surface area contributed by atoms with E-state index in [2.05, 4.69) is 9.98 Å². The van der Waals surface area contributed by atoms with E-state index >= 15 is 0 Å². The second-order valence-electron chi connectivity index (χ2n) is 4.17. The number of hydrogen-bond donors (Lipinski definition) is 0. The summed E-state index contributed by atoms with van der Waals surface area (Å²) >= 11 is 0. The first-order valence-corrected chi connectivity index (χ1v) is 5.91. The highest BCUT2D eigenvalue weighted by Gasteiger charge is 2.30. The van der Waals surface area contributed by atoms with Gasteiger partial charge in [0, 0.05) is 5.56 Å². The number of rotatable bonds is 5. The molecule has 94 valence electrons. The Morgan fingerprint density at radius 2 is 1.83 bits per heavy atom. The lowest BCUT2D eigenvalue weighted by molar-refractivity contribution is 0.412. The van der Waals surface area contributed by atoms with Crippen LogP contribution < -0.4 is 0 Å². The van der Waals surface area contributed by atoms with Crippen molar-refractivity contribution in [3.05, 3.63) is 29.3 Å². The van der Waals surface area contributed by atoms with E-state index in [0.717, 1.165) is 11.1 Å². The molecule has 0 bridgehead atoms. The van der Waals surface area contributed by atoms with Gasteiger partial charge < -0.3 is 0 Å². The van der Waals surface area contributed by atoms with Gasteiger partial charge in [-0.15, -0.1) is 0 Å². The summed E-state index contributed by atoms with van der Waals surface area (Å²) in [5, 5.41) is 0. The highest BCUT2D eigenvalue weighted by molar-refractivity contribution is 5.58. The zero-order valence-electron chi connectivity index (χ0n) is 10.9. The monoisotopic (exact) mass is 244 g/mol. The van der Waals surface area contributed by atoms with Crippen molar-refractivity contribution in [1.82, 2.24) is 0 Å². The molecular weight excluding hydrogens is 228 g/mol. The zero-order valence-corrected chi connectivity index (χ0v) is 10.9. The minimum absolute atomic E-state index is 0.521. The Hall–Kier alpha value is -2.02. The highest BCUT2D eigenvalue weighted by atomic mass is 16.1. The summed E-state index contributed by atoms with van der Waals surface area (Å²) in [4.78, 5) is 28.8. The van der Waals surface area contributed by atoms with Gasteiger partial charge in [-0.2, -0.15) is 9.98 Å². The van der Waals surface area contributed by atoms with Crippen LogP contribution in [0.2, 0.25) is 0 Å². The lowest BCUT2D eigenvalue weighted by atomic mass is 9.84. The van der Waals surface area contributed by atoms with Gasteiger partial charge in [-0.25, -0.2) is 9.59 Å². The van der Waals surface area contributed by atoms with Gasteiger partial charge in [-0.3, -0.25) is 0 Å². The molecule has 0 aliphatic rings. The van der Waals surface area contributed by atoms with Gasteiger partial charge in [0.1, 0.15) is 0 Å². The molecule has 0 aliphatic heterocycles. The average Bonchev–Trinajstić information content (AvgIpc) is 2.37. The van der Waals surface area contributed by atoms with Gasteiger partial charge >= 0.3 is 0 Å². The average molecular weight is 244 g/mol. The number of hydrogen-bond acceptors (Lipinski definition) is 4. The molecule has 0 N–H and O–H groups in total. The van der Waals surface area contributed by atoms with Crippen molar-refractivity contribution in [3.63, 3.8) is 0 Å². The molecule has 0 aliphatic carbocycles. The molecule has 1 aromatic rings. The Balaban J connectivity index is 3.54. The van der Waals surface area contributed by atoms with Crippen molar-refractivity contribution in [2.24, 2.45) is 9.98 Å². The zero-order chi connectivity index (χ0) is 13.6. The van der Waals surface area contributed by atoms with Gasteiger partial charge in [0.2, 0.25) is 12.2 Å². The number of aliphatic imine (C=N–C) groups is 2. The van der Waals surface area contributed by atoms with Gasteiger partial charge in [-0.05, 0) is 31.4 Å². The van der Waals surface area contributed by atoms with Gasteiger partial charge in [0.15, 0.2) is 0 Å². The molecule has 0 spiro atoms. The van der Waals surface area contributed by atoms with E-state index in [1.807, 2.05) is 32.9 Å². The van der Waals surface area contributed by atoms with Crippen LogP contribution >= 0.6 is 0 Å². The summed E-state index contributed by atoms with van der Waals surface area (Å²) in [5.74, 6) is 0. The summed E-state index contributed by atoms with van der Waals surface area (Å²) in [6.07, 6.45) is 4.46. The largest absolute Gasteiger partial charge is 0.240 e. The fraction of sp³-hybridized carbons (Fsp3) is 0.429. The lowest BCUT2D eigenvalue weighted by Gasteiger charge is -2.27. The predicted octanol–water partition coefficient (Wildman–Crippen LogP) is 3.31. The van der Waals surface area contributed by atoms with E-state index < -0.39 is 5.54 Å². The number of isocyanates is 2. The van der Waals surface area contributed by atoms with Crippen LogP contribution in [0.4, 0.5) is 5.69 Å². The van der Waals surface area contributed by atoms with Crippen molar-refractivity contribution in [1.29, 1.82) is 0 Å². The van der Waals surface area contributed by atoms with Crippen molar-refractivity contribution < 1.29 is 9.59 Å². The van der Waals surface area contributed by atoms with Crippen LogP contribution in [0.25, 0.3) is 0 Å². The molecule has 0 heterocycles. The topological polar surface area (TPSA) is 58.9 Å². The van der Waals surface area contributed by atoms with Crippen molar-refractivity contribution >= 4 is 17.8 Å². The molecule has 0 radical (unpaired) electrons. The molecule has 0 atom stereocenters. The first-order valence-electron chi connectivity index (χ1n) is 5.91. The molecule has 1 rings (SSSR count). The third-order valence-electron chi connectivity index (χ3n) is 3.25. The number of benzene rings is 1. The molecule has 0 saturated carbocycles. The molecule has 4 heteroatoms. The minimum atomic E-state index is -0.662. The Kier molecular flexibility index (Phi) is 4.73. The van der Waals surface area contributed by atoms with Crippen LogP contribution in [0.5, 0.6) is 0 Å². The Morgan fingerprint density at radius 3 is 2.33 bits per heavy atom. The molecule has 1 aromatic carbocycles. The molecule has 4 nitrogen and oxygen atoms in total. The second-order valence-corrected chi connectivity index (χ2v) is 4.17. The fourth-order valence-electron chi connectivity index (χ4n) is 2.11. The smallest absolute Gasteiger partial charge is 0.211 e. The maximum atomic E-state index is 10.6. The van der Waals surface area contributed by atoms with E-state index in [0.29, 0.717) is 18.5 Å². The Bertz CT molecular complexity index is 521. The first-order chi connectivity index (χ1) is 8.63. The van der Waals surface area contributed by atoms with Crippen LogP contribution in [-0.2, 0) is 15.1 Å². The van der Waals surface area contributed by atoms with Gasteiger partial charge in [-0.1, -0.05) is 26.0 Å². The number of aryl methyl sites for hydroxylation is 1. The van der Waals surface area contributed by atoms with Gasteiger partial charge in [0.25, 0.3) is 0 Å². The minimum Gasteiger partial charge on any atom is -0.211 e. The van der Waals surface area contributed by atoms with Crippen molar-refractivity contribution in [3.8, 4) is 0 Å². The molecule has 0 aromatic heterocycles. The summed E-state index contributed by atoms with van der Waals surface area (Å²) in [5.41, 5.74) is 1.62. The van der Waals surface area contributed by atoms with Crippen molar-refractivity contribution in [2.75, 3.05) is 0 Å².